The molecule has 1 aliphatic heterocycles. The molecule has 0 aliphatic carbocycles. The molecule has 1 saturated heterocycles. The molecule has 0 spiro atoms. The van der Waals surface area contributed by atoms with Crippen molar-refractivity contribution in [3.8, 4) is 0 Å². The van der Waals surface area contributed by atoms with Gasteiger partial charge < -0.3 is 20.1 Å². The molecule has 2 N–H and O–H groups in total. The summed E-state index contributed by atoms with van der Waals surface area (Å²) in [5.41, 5.74) is 0. The molecule has 0 saturated carbocycles. The molecule has 20 heavy (non-hydrogen) atoms. The van der Waals surface area contributed by atoms with Gasteiger partial charge in [-0.05, 0) is 32.1 Å². The van der Waals surface area contributed by atoms with Crippen LogP contribution >= 0.6 is 0 Å². The van der Waals surface area contributed by atoms with Crippen LogP contribution in [-0.4, -0.2) is 55.0 Å². The van der Waals surface area contributed by atoms with Crippen molar-refractivity contribution in [2.24, 2.45) is 11.8 Å². The quantitative estimate of drug-likeness (QED) is 0.702. The van der Waals surface area contributed by atoms with Gasteiger partial charge in [-0.25, -0.2) is 4.79 Å². The highest BCUT2D eigenvalue weighted by molar-refractivity contribution is 5.74. The molecule has 1 aliphatic rings. The number of nitrogens with one attached hydrogen (secondary N) is 1. The third-order valence-corrected chi connectivity index (χ3v) is 3.62. The Morgan fingerprint density at radius 3 is 2.85 bits per heavy atom. The summed E-state index contributed by atoms with van der Waals surface area (Å²) in [5, 5.41) is 12.5. The van der Waals surface area contributed by atoms with Crippen LogP contribution in [0.1, 0.15) is 40.0 Å². The minimum Gasteiger partial charge on any atom is -0.393 e. The van der Waals surface area contributed by atoms with E-state index in [4.69, 9.17) is 4.74 Å². The Labute approximate surface area is 122 Å². The predicted octanol–water partition coefficient (Wildman–Crippen LogP) is 1.85. The van der Waals surface area contributed by atoms with Gasteiger partial charge in [0, 0.05) is 38.8 Å². The monoisotopic (exact) mass is 286 g/mol. The number of hydrogen-bond donors (Lipinski definition) is 2. The third-order valence-electron chi connectivity index (χ3n) is 3.62. The maximum atomic E-state index is 12.0. The van der Waals surface area contributed by atoms with Gasteiger partial charge >= 0.3 is 6.03 Å². The lowest BCUT2D eigenvalue weighted by molar-refractivity contribution is 0.0735. The standard InChI is InChI=1S/C15H30N2O3/c1-12(2)11-20-9-5-7-16-15(19)17-8-4-6-14(10-17)13(3)18/h12-14,18H,4-11H2,1-3H3,(H,16,19). The van der Waals surface area contributed by atoms with Gasteiger partial charge in [-0.2, -0.15) is 0 Å². The summed E-state index contributed by atoms with van der Waals surface area (Å²) in [4.78, 5) is 13.8. The largest absolute Gasteiger partial charge is 0.393 e. The molecule has 1 heterocycles. The molecular formula is C15H30N2O3. The van der Waals surface area contributed by atoms with Crippen molar-refractivity contribution in [3.63, 3.8) is 0 Å². The highest BCUT2D eigenvalue weighted by Crippen LogP contribution is 2.19. The maximum Gasteiger partial charge on any atom is 0.317 e. The molecule has 5 heteroatoms. The smallest absolute Gasteiger partial charge is 0.317 e. The number of aliphatic hydroxyl groups excluding tert-OH is 1. The zero-order chi connectivity index (χ0) is 15.0. The predicted molar refractivity (Wildman–Crippen MR) is 79.7 cm³/mol. The van der Waals surface area contributed by atoms with Crippen LogP contribution in [0.5, 0.6) is 0 Å². The summed E-state index contributed by atoms with van der Waals surface area (Å²) in [6.07, 6.45) is 2.48. The molecule has 0 aromatic carbocycles. The van der Waals surface area contributed by atoms with Crippen molar-refractivity contribution in [1.82, 2.24) is 10.2 Å². The average molecular weight is 286 g/mol. The summed E-state index contributed by atoms with van der Waals surface area (Å²) >= 11 is 0. The van der Waals surface area contributed by atoms with Crippen LogP contribution in [0.2, 0.25) is 0 Å². The zero-order valence-corrected chi connectivity index (χ0v) is 13.1. The van der Waals surface area contributed by atoms with Crippen molar-refractivity contribution in [2.45, 2.75) is 46.1 Å². The number of urea groups is 1. The Morgan fingerprint density at radius 1 is 1.45 bits per heavy atom. The van der Waals surface area contributed by atoms with Crippen LogP contribution in [0.4, 0.5) is 4.79 Å². The minimum atomic E-state index is -0.338. The minimum absolute atomic E-state index is 0.0146. The normalized spacial score (nSPS) is 21.1. The van der Waals surface area contributed by atoms with Crippen molar-refractivity contribution in [2.75, 3.05) is 32.8 Å². The van der Waals surface area contributed by atoms with Crippen molar-refractivity contribution in [1.29, 1.82) is 0 Å². The highest BCUT2D eigenvalue weighted by atomic mass is 16.5. The number of likely N-dealkylation sites (tertiary alicyclic amines) is 1. The third kappa shape index (κ3) is 6.57. The second kappa shape index (κ2) is 9.19. The molecule has 0 aromatic rings. The summed E-state index contributed by atoms with van der Waals surface area (Å²) in [7, 11) is 0. The van der Waals surface area contributed by atoms with Crippen LogP contribution < -0.4 is 5.32 Å². The number of rotatable bonds is 7. The Morgan fingerprint density at radius 2 is 2.20 bits per heavy atom. The fourth-order valence-electron chi connectivity index (χ4n) is 2.39. The molecule has 1 rings (SSSR count). The number of nitrogens with zero attached hydrogens (tertiary/aromatic N) is 1. The Kier molecular flexibility index (Phi) is 7.92. The van der Waals surface area contributed by atoms with E-state index >= 15 is 0 Å². The van der Waals surface area contributed by atoms with Crippen LogP contribution in [0.25, 0.3) is 0 Å². The number of carbonyl (C=O) groups is 1. The maximum absolute atomic E-state index is 12.0. The first-order valence-electron chi connectivity index (χ1n) is 7.79. The fraction of sp³-hybridized carbons (Fsp3) is 0.933. The van der Waals surface area contributed by atoms with E-state index in [1.807, 2.05) is 4.90 Å². The lowest BCUT2D eigenvalue weighted by atomic mass is 9.94. The summed E-state index contributed by atoms with van der Waals surface area (Å²) in [6.45, 7) is 9.61. The second-order valence-electron chi connectivity index (χ2n) is 6.14. The molecule has 1 fully saturated rings. The Balaban J connectivity index is 2.13. The fourth-order valence-corrected chi connectivity index (χ4v) is 2.39. The first-order valence-corrected chi connectivity index (χ1v) is 7.79. The Bertz CT molecular complexity index is 282. The SMILES string of the molecule is CC(C)COCCCNC(=O)N1CCCC(C(C)O)C1. The van der Waals surface area contributed by atoms with E-state index < -0.39 is 0 Å². The molecule has 118 valence electrons. The number of amides is 2. The van der Waals surface area contributed by atoms with E-state index in [2.05, 4.69) is 19.2 Å². The number of aliphatic hydroxyl groups is 1. The van der Waals surface area contributed by atoms with E-state index in [-0.39, 0.29) is 18.1 Å². The molecule has 0 radical (unpaired) electrons. The Hall–Kier alpha value is -0.810. The van der Waals surface area contributed by atoms with Crippen molar-refractivity contribution < 1.29 is 14.6 Å². The van der Waals surface area contributed by atoms with Gasteiger partial charge in [-0.3, -0.25) is 0 Å². The summed E-state index contributed by atoms with van der Waals surface area (Å²) in [6, 6.07) is -0.0146. The number of ether oxygens (including phenoxy) is 1. The van der Waals surface area contributed by atoms with E-state index in [1.54, 1.807) is 6.92 Å². The first kappa shape index (κ1) is 17.2. The molecule has 2 amide bonds. The highest BCUT2D eigenvalue weighted by Gasteiger charge is 2.26. The summed E-state index contributed by atoms with van der Waals surface area (Å²) in [5.74, 6) is 0.763. The molecule has 0 bridgehead atoms. The van der Waals surface area contributed by atoms with E-state index in [1.165, 1.54) is 0 Å². The number of hydrogen-bond acceptors (Lipinski definition) is 3. The van der Waals surface area contributed by atoms with E-state index in [0.29, 0.717) is 25.6 Å². The molecule has 2 unspecified atom stereocenters. The number of carbonyl (C=O) groups excluding carboxylic acids is 1. The van der Waals surface area contributed by atoms with Crippen LogP contribution in [0.15, 0.2) is 0 Å². The van der Waals surface area contributed by atoms with Gasteiger partial charge in [0.05, 0.1) is 6.10 Å². The lowest BCUT2D eigenvalue weighted by Gasteiger charge is -2.34. The van der Waals surface area contributed by atoms with Crippen LogP contribution in [-0.2, 0) is 4.74 Å². The second-order valence-corrected chi connectivity index (χ2v) is 6.14. The van der Waals surface area contributed by atoms with E-state index in [0.717, 1.165) is 32.4 Å². The summed E-state index contributed by atoms with van der Waals surface area (Å²) < 4.78 is 5.47. The van der Waals surface area contributed by atoms with Gasteiger partial charge in [0.15, 0.2) is 0 Å². The first-order chi connectivity index (χ1) is 9.50. The molecule has 0 aromatic heterocycles. The van der Waals surface area contributed by atoms with Crippen molar-refractivity contribution in [3.05, 3.63) is 0 Å². The van der Waals surface area contributed by atoms with E-state index in [9.17, 15) is 9.90 Å². The van der Waals surface area contributed by atoms with Gasteiger partial charge in [-0.1, -0.05) is 13.8 Å². The van der Waals surface area contributed by atoms with Gasteiger partial charge in [0.1, 0.15) is 0 Å². The average Bonchev–Trinajstić information content (AvgIpc) is 2.42. The zero-order valence-electron chi connectivity index (χ0n) is 13.1. The molecule has 5 nitrogen and oxygen atoms in total. The van der Waals surface area contributed by atoms with Crippen molar-refractivity contribution >= 4 is 6.03 Å². The van der Waals surface area contributed by atoms with Gasteiger partial charge in [0.25, 0.3) is 0 Å². The lowest BCUT2D eigenvalue weighted by Crippen LogP contribution is -2.47. The van der Waals surface area contributed by atoms with Gasteiger partial charge in [-0.15, -0.1) is 0 Å². The van der Waals surface area contributed by atoms with Crippen LogP contribution in [0, 0.1) is 11.8 Å². The molecular weight excluding hydrogens is 256 g/mol. The number of piperidine rings is 1. The van der Waals surface area contributed by atoms with Gasteiger partial charge in [0.2, 0.25) is 0 Å². The molecule has 2 atom stereocenters. The topological polar surface area (TPSA) is 61.8 Å². The van der Waals surface area contributed by atoms with Crippen LogP contribution in [0.3, 0.4) is 0 Å².